The zero-order chi connectivity index (χ0) is 14.9. The minimum absolute atomic E-state index is 0.0286. The summed E-state index contributed by atoms with van der Waals surface area (Å²) in [7, 11) is 0. The molecule has 0 fully saturated rings. The van der Waals surface area contributed by atoms with Gasteiger partial charge >= 0.3 is 6.03 Å². The average molecular weight is 274 g/mol. The summed E-state index contributed by atoms with van der Waals surface area (Å²) in [4.78, 5) is 16.7. The second-order valence-corrected chi connectivity index (χ2v) is 5.35. The molecule has 2 heterocycles. The monoisotopic (exact) mass is 274 g/mol. The third-order valence-corrected chi connectivity index (χ3v) is 2.89. The van der Waals surface area contributed by atoms with Crippen LogP contribution in [0.5, 0.6) is 0 Å². The van der Waals surface area contributed by atoms with Crippen LogP contribution >= 0.6 is 0 Å². The molecule has 107 valence electrons. The van der Waals surface area contributed by atoms with Gasteiger partial charge in [-0.3, -0.25) is 0 Å². The zero-order valence-corrected chi connectivity index (χ0v) is 12.5. The van der Waals surface area contributed by atoms with Crippen molar-refractivity contribution in [2.45, 2.75) is 46.7 Å². The fraction of sp³-hybridized carbons (Fsp3) is 0.500. The van der Waals surface area contributed by atoms with Crippen LogP contribution in [0.2, 0.25) is 0 Å². The van der Waals surface area contributed by atoms with Crippen LogP contribution in [0.1, 0.15) is 39.1 Å². The Hall–Kier alpha value is -2.11. The number of aryl methyl sites for hydroxylation is 1. The Balaban J connectivity index is 2.41. The minimum Gasteiger partial charge on any atom is -0.250 e. The molecule has 6 heteroatoms. The molecule has 20 heavy (non-hydrogen) atoms. The minimum atomic E-state index is -0.202. The van der Waals surface area contributed by atoms with Gasteiger partial charge in [0.2, 0.25) is 5.84 Å². The molecule has 2 amide bonds. The van der Waals surface area contributed by atoms with E-state index in [-0.39, 0.29) is 18.1 Å². The fourth-order valence-corrected chi connectivity index (χ4v) is 1.86. The maximum absolute atomic E-state index is 12.3. The van der Waals surface area contributed by atoms with Gasteiger partial charge in [0.25, 0.3) is 0 Å². The number of aromatic nitrogens is 1. The Morgan fingerprint density at radius 1 is 1.05 bits per heavy atom. The quantitative estimate of drug-likeness (QED) is 0.847. The van der Waals surface area contributed by atoms with Crippen molar-refractivity contribution in [2.75, 3.05) is 0 Å². The van der Waals surface area contributed by atoms with Gasteiger partial charge in [-0.05, 0) is 46.8 Å². The summed E-state index contributed by atoms with van der Waals surface area (Å²) in [5, 5.41) is 7.24. The third-order valence-electron chi connectivity index (χ3n) is 2.89. The summed E-state index contributed by atoms with van der Waals surface area (Å²) in [5.74, 6) is 0.468. The summed E-state index contributed by atoms with van der Waals surface area (Å²) < 4.78 is 0. The van der Waals surface area contributed by atoms with Crippen molar-refractivity contribution >= 4 is 11.9 Å². The van der Waals surface area contributed by atoms with E-state index in [2.05, 4.69) is 15.5 Å². The highest BCUT2D eigenvalue weighted by Crippen LogP contribution is 2.15. The largest absolute Gasteiger partial charge is 0.361 e. The van der Waals surface area contributed by atoms with Gasteiger partial charge in [0, 0.05) is 5.69 Å². The Morgan fingerprint density at radius 3 is 2.25 bits per heavy atom. The first-order valence-electron chi connectivity index (χ1n) is 6.77. The molecule has 0 bridgehead atoms. The number of hydrogen-bond acceptors (Lipinski definition) is 3. The second-order valence-electron chi connectivity index (χ2n) is 5.35. The van der Waals surface area contributed by atoms with Crippen LogP contribution < -0.4 is 5.43 Å². The van der Waals surface area contributed by atoms with Crippen molar-refractivity contribution < 1.29 is 4.79 Å². The van der Waals surface area contributed by atoms with Gasteiger partial charge in [0.05, 0.1) is 12.1 Å². The van der Waals surface area contributed by atoms with Gasteiger partial charge in [0.15, 0.2) is 0 Å². The van der Waals surface area contributed by atoms with Crippen LogP contribution in [-0.4, -0.2) is 39.0 Å². The molecule has 0 aromatic carbocycles. The topological polar surface area (TPSA) is 62.9 Å². The molecule has 1 radical (unpaired) electrons. The molecule has 0 atom stereocenters. The predicted molar refractivity (Wildman–Crippen MR) is 77.0 cm³/mol. The van der Waals surface area contributed by atoms with Gasteiger partial charge in [-0.1, -0.05) is 6.07 Å². The molecular formula is C14H20N5O. The van der Waals surface area contributed by atoms with Crippen LogP contribution in [0, 0.1) is 6.92 Å². The molecule has 6 nitrogen and oxygen atoms in total. The molecule has 1 aromatic rings. The van der Waals surface area contributed by atoms with Crippen molar-refractivity contribution in [3.8, 4) is 0 Å². The number of nitrogens with zero attached hydrogens (tertiary/aromatic N) is 5. The number of rotatable bonds is 3. The molecule has 0 saturated carbocycles. The summed E-state index contributed by atoms with van der Waals surface area (Å²) in [6, 6.07) is 5.41. The van der Waals surface area contributed by atoms with E-state index >= 15 is 0 Å². The molecule has 1 aliphatic heterocycles. The Morgan fingerprint density at radius 2 is 1.70 bits per heavy atom. The summed E-state index contributed by atoms with van der Waals surface area (Å²) in [6.07, 6.45) is 0. The first-order valence-corrected chi connectivity index (χ1v) is 6.77. The molecule has 0 saturated heterocycles. The van der Waals surface area contributed by atoms with Crippen LogP contribution in [0.15, 0.2) is 23.3 Å². The lowest BCUT2D eigenvalue weighted by Gasteiger charge is -2.35. The molecule has 1 aromatic heterocycles. The van der Waals surface area contributed by atoms with Crippen molar-refractivity contribution in [1.82, 2.24) is 20.4 Å². The number of pyridine rings is 1. The molecule has 0 unspecified atom stereocenters. The lowest BCUT2D eigenvalue weighted by Crippen LogP contribution is -2.56. The molecule has 1 aliphatic rings. The number of carbonyl (C=O) groups excluding carboxylic acids is 1. The Bertz CT molecular complexity index is 538. The van der Waals surface area contributed by atoms with Gasteiger partial charge in [0.1, 0.15) is 5.69 Å². The van der Waals surface area contributed by atoms with E-state index in [1.54, 1.807) is 0 Å². The number of amides is 2. The van der Waals surface area contributed by atoms with Gasteiger partial charge in [-0.15, -0.1) is 10.5 Å². The summed E-state index contributed by atoms with van der Waals surface area (Å²) in [5.41, 5.74) is 5.90. The van der Waals surface area contributed by atoms with Gasteiger partial charge in [-0.25, -0.2) is 19.8 Å². The highest BCUT2D eigenvalue weighted by molar-refractivity contribution is 5.99. The molecular weight excluding hydrogens is 254 g/mol. The zero-order valence-electron chi connectivity index (χ0n) is 12.5. The average Bonchev–Trinajstić information content (AvgIpc) is 2.38. The van der Waals surface area contributed by atoms with Crippen molar-refractivity contribution in [3.05, 3.63) is 29.6 Å². The Kier molecular flexibility index (Phi) is 3.92. The van der Waals surface area contributed by atoms with E-state index in [4.69, 9.17) is 0 Å². The second kappa shape index (κ2) is 5.48. The summed E-state index contributed by atoms with van der Waals surface area (Å²) in [6.45, 7) is 9.61. The lowest BCUT2D eigenvalue weighted by atomic mass is 10.3. The maximum Gasteiger partial charge on any atom is 0.361 e. The highest BCUT2D eigenvalue weighted by Gasteiger charge is 2.33. The first-order chi connectivity index (χ1) is 9.40. The lowest BCUT2D eigenvalue weighted by molar-refractivity contribution is 0.103. The van der Waals surface area contributed by atoms with Gasteiger partial charge < -0.3 is 0 Å². The number of carbonyl (C=O) groups is 1. The standard InChI is InChI=1S/C14H20N5O/c1-9(2)18-14(20)19(10(3)4)17-13(16-18)12-8-6-7-11(5)15-12/h6-10H,1-5H3. The van der Waals surface area contributed by atoms with Crippen molar-refractivity contribution in [1.29, 1.82) is 0 Å². The number of urea groups is 1. The number of amidine groups is 1. The number of hydrazone groups is 1. The van der Waals surface area contributed by atoms with E-state index < -0.39 is 0 Å². The maximum atomic E-state index is 12.3. The first kappa shape index (κ1) is 14.3. The van der Waals surface area contributed by atoms with E-state index in [1.807, 2.05) is 52.8 Å². The van der Waals surface area contributed by atoms with E-state index in [0.717, 1.165) is 5.69 Å². The van der Waals surface area contributed by atoms with E-state index in [1.165, 1.54) is 10.0 Å². The number of hydrogen-bond donors (Lipinski definition) is 0. The smallest absolute Gasteiger partial charge is 0.250 e. The van der Waals surface area contributed by atoms with Crippen molar-refractivity contribution in [2.24, 2.45) is 5.10 Å². The van der Waals surface area contributed by atoms with Crippen LogP contribution in [0.4, 0.5) is 4.79 Å². The normalized spacial score (nSPS) is 15.8. The van der Waals surface area contributed by atoms with E-state index in [0.29, 0.717) is 11.5 Å². The van der Waals surface area contributed by atoms with E-state index in [9.17, 15) is 4.79 Å². The Labute approximate surface area is 119 Å². The van der Waals surface area contributed by atoms with Crippen LogP contribution in [-0.2, 0) is 0 Å². The van der Waals surface area contributed by atoms with Crippen LogP contribution in [0.25, 0.3) is 0 Å². The van der Waals surface area contributed by atoms with Gasteiger partial charge in [-0.2, -0.15) is 0 Å². The molecule has 0 spiro atoms. The van der Waals surface area contributed by atoms with Crippen molar-refractivity contribution in [3.63, 3.8) is 0 Å². The van der Waals surface area contributed by atoms with Crippen LogP contribution in [0.3, 0.4) is 0 Å². The fourth-order valence-electron chi connectivity index (χ4n) is 1.86. The molecule has 0 aliphatic carbocycles. The molecule has 0 N–H and O–H groups in total. The third kappa shape index (κ3) is 2.74. The SMILES string of the molecule is Cc1cccc(C2=NN(C(C)C)C(=O)N(C(C)C)[N]2)n1. The highest BCUT2D eigenvalue weighted by atomic mass is 16.2. The molecule has 2 rings (SSSR count). The predicted octanol–water partition coefficient (Wildman–Crippen LogP) is 2.13. The summed E-state index contributed by atoms with van der Waals surface area (Å²) >= 11 is 0.